The van der Waals surface area contributed by atoms with Gasteiger partial charge in [-0.3, -0.25) is 9.78 Å². The minimum absolute atomic E-state index is 0.0759. The molecule has 6 heteroatoms. The molecule has 104 valence electrons. The van der Waals surface area contributed by atoms with E-state index in [0.29, 0.717) is 31.1 Å². The number of alkyl halides is 1. The molecule has 0 unspecified atom stereocenters. The molecule has 1 saturated heterocycles. The van der Waals surface area contributed by atoms with Crippen molar-refractivity contribution in [2.75, 3.05) is 25.6 Å². The molecule has 5 nitrogen and oxygen atoms in total. The minimum atomic E-state index is -0.157. The van der Waals surface area contributed by atoms with E-state index in [4.69, 9.17) is 16.3 Å². The molecular weight excluding hydrogens is 268 g/mol. The highest BCUT2D eigenvalue weighted by molar-refractivity contribution is 6.17. The molecule has 1 amide bonds. The molecule has 0 aromatic carbocycles. The molecular formula is C13H17ClN2O3. The third kappa shape index (κ3) is 3.58. The quantitative estimate of drug-likeness (QED) is 0.854. The highest BCUT2D eigenvalue weighted by atomic mass is 35.5. The van der Waals surface area contributed by atoms with E-state index in [-0.39, 0.29) is 17.8 Å². The number of piperidine rings is 1. The van der Waals surface area contributed by atoms with Gasteiger partial charge in [-0.1, -0.05) is 0 Å². The summed E-state index contributed by atoms with van der Waals surface area (Å²) in [4.78, 5) is 17.7. The average molecular weight is 285 g/mol. The number of amides is 1. The van der Waals surface area contributed by atoms with E-state index in [1.165, 1.54) is 18.5 Å². The summed E-state index contributed by atoms with van der Waals surface area (Å²) < 4.78 is 5.56. The van der Waals surface area contributed by atoms with Gasteiger partial charge in [0.15, 0.2) is 0 Å². The largest absolute Gasteiger partial charge is 0.505 e. The molecule has 0 atom stereocenters. The summed E-state index contributed by atoms with van der Waals surface area (Å²) in [5, 5.41) is 9.63. The number of hydrogen-bond acceptors (Lipinski definition) is 4. The zero-order valence-electron chi connectivity index (χ0n) is 10.6. The SMILES string of the molecule is O=C(c1ccncc1O)N1CCC(OCCCl)CC1. The Morgan fingerprint density at radius 2 is 2.26 bits per heavy atom. The summed E-state index contributed by atoms with van der Waals surface area (Å²) in [6.07, 6.45) is 4.56. The predicted octanol–water partition coefficient (Wildman–Crippen LogP) is 1.65. The molecule has 0 aliphatic carbocycles. The number of nitrogens with zero attached hydrogens (tertiary/aromatic N) is 2. The first-order valence-electron chi connectivity index (χ1n) is 6.32. The van der Waals surface area contributed by atoms with Crippen molar-refractivity contribution in [2.24, 2.45) is 0 Å². The fourth-order valence-corrected chi connectivity index (χ4v) is 2.26. The first kappa shape index (κ1) is 14.1. The van der Waals surface area contributed by atoms with Crippen molar-refractivity contribution in [1.29, 1.82) is 0 Å². The van der Waals surface area contributed by atoms with E-state index >= 15 is 0 Å². The van der Waals surface area contributed by atoms with Crippen LogP contribution >= 0.6 is 11.6 Å². The topological polar surface area (TPSA) is 62.7 Å². The van der Waals surface area contributed by atoms with Crippen molar-refractivity contribution >= 4 is 17.5 Å². The van der Waals surface area contributed by atoms with Crippen LogP contribution in [-0.4, -0.2) is 52.6 Å². The molecule has 1 aliphatic heterocycles. The van der Waals surface area contributed by atoms with Crippen LogP contribution in [0.5, 0.6) is 5.75 Å². The fraction of sp³-hybridized carbons (Fsp3) is 0.538. The van der Waals surface area contributed by atoms with Gasteiger partial charge < -0.3 is 14.7 Å². The Morgan fingerprint density at radius 1 is 1.53 bits per heavy atom. The van der Waals surface area contributed by atoms with Gasteiger partial charge >= 0.3 is 0 Å². The second kappa shape index (κ2) is 6.73. The smallest absolute Gasteiger partial charge is 0.257 e. The maximum atomic E-state index is 12.2. The molecule has 2 rings (SSSR count). The number of carbonyl (C=O) groups is 1. The van der Waals surface area contributed by atoms with Gasteiger partial charge in [0.1, 0.15) is 5.75 Å². The number of rotatable bonds is 4. The van der Waals surface area contributed by atoms with Gasteiger partial charge in [-0.2, -0.15) is 0 Å². The number of aromatic nitrogens is 1. The van der Waals surface area contributed by atoms with Crippen LogP contribution in [-0.2, 0) is 4.74 Å². The number of aromatic hydroxyl groups is 1. The van der Waals surface area contributed by atoms with Crippen molar-refractivity contribution in [3.05, 3.63) is 24.0 Å². The molecule has 19 heavy (non-hydrogen) atoms. The normalized spacial score (nSPS) is 16.6. The van der Waals surface area contributed by atoms with Crippen LogP contribution in [0.15, 0.2) is 18.5 Å². The van der Waals surface area contributed by atoms with Gasteiger partial charge in [-0.15, -0.1) is 11.6 Å². The number of likely N-dealkylation sites (tertiary alicyclic amines) is 1. The average Bonchev–Trinajstić information content (AvgIpc) is 2.45. The van der Waals surface area contributed by atoms with E-state index in [2.05, 4.69) is 4.98 Å². The lowest BCUT2D eigenvalue weighted by Crippen LogP contribution is -2.41. The third-order valence-electron chi connectivity index (χ3n) is 3.19. The zero-order valence-corrected chi connectivity index (χ0v) is 11.3. The third-order valence-corrected chi connectivity index (χ3v) is 3.34. The molecule has 2 heterocycles. The summed E-state index contributed by atoms with van der Waals surface area (Å²) in [5.41, 5.74) is 0.301. The van der Waals surface area contributed by atoms with Crippen molar-refractivity contribution < 1.29 is 14.6 Å². The number of halogens is 1. The van der Waals surface area contributed by atoms with Gasteiger partial charge in [-0.05, 0) is 18.9 Å². The maximum absolute atomic E-state index is 12.2. The Balaban J connectivity index is 1.91. The van der Waals surface area contributed by atoms with E-state index in [1.807, 2.05) is 0 Å². The molecule has 1 fully saturated rings. The first-order valence-corrected chi connectivity index (χ1v) is 6.85. The Labute approximate surface area is 117 Å². The maximum Gasteiger partial charge on any atom is 0.257 e. The van der Waals surface area contributed by atoms with Crippen LogP contribution in [0.25, 0.3) is 0 Å². The molecule has 0 spiro atoms. The summed E-state index contributed by atoms with van der Waals surface area (Å²) in [7, 11) is 0. The van der Waals surface area contributed by atoms with Gasteiger partial charge in [0.2, 0.25) is 0 Å². The van der Waals surface area contributed by atoms with Crippen molar-refractivity contribution in [3.63, 3.8) is 0 Å². The molecule has 1 aromatic rings. The molecule has 0 bridgehead atoms. The van der Waals surface area contributed by atoms with Crippen LogP contribution in [0.1, 0.15) is 23.2 Å². The lowest BCUT2D eigenvalue weighted by Gasteiger charge is -2.32. The molecule has 1 aromatic heterocycles. The highest BCUT2D eigenvalue weighted by Crippen LogP contribution is 2.20. The lowest BCUT2D eigenvalue weighted by atomic mass is 10.1. The van der Waals surface area contributed by atoms with Gasteiger partial charge in [0, 0.05) is 25.2 Å². The Hall–Kier alpha value is -1.33. The highest BCUT2D eigenvalue weighted by Gasteiger charge is 2.25. The monoisotopic (exact) mass is 284 g/mol. The number of hydrogen-bond donors (Lipinski definition) is 1. The molecule has 1 aliphatic rings. The van der Waals surface area contributed by atoms with E-state index in [9.17, 15) is 9.90 Å². The molecule has 0 saturated carbocycles. The van der Waals surface area contributed by atoms with Gasteiger partial charge in [-0.25, -0.2) is 0 Å². The Kier molecular flexibility index (Phi) is 4.99. The fourth-order valence-electron chi connectivity index (χ4n) is 2.17. The van der Waals surface area contributed by atoms with Crippen LogP contribution in [0.4, 0.5) is 0 Å². The minimum Gasteiger partial charge on any atom is -0.505 e. The molecule has 1 N–H and O–H groups in total. The number of carbonyl (C=O) groups excluding carboxylic acids is 1. The Bertz CT molecular complexity index is 434. The van der Waals surface area contributed by atoms with E-state index < -0.39 is 0 Å². The zero-order chi connectivity index (χ0) is 13.7. The summed E-state index contributed by atoms with van der Waals surface area (Å²) >= 11 is 5.57. The summed E-state index contributed by atoms with van der Waals surface area (Å²) in [6.45, 7) is 1.81. The standard InChI is InChI=1S/C13H17ClN2O3/c14-4-8-19-10-2-6-16(7-3-10)13(18)11-1-5-15-9-12(11)17/h1,5,9-10,17H,2-4,6-8H2. The van der Waals surface area contributed by atoms with Crippen LogP contribution in [0.2, 0.25) is 0 Å². The van der Waals surface area contributed by atoms with E-state index in [1.54, 1.807) is 4.90 Å². The Morgan fingerprint density at radius 3 is 2.89 bits per heavy atom. The first-order chi connectivity index (χ1) is 9.22. The predicted molar refractivity (Wildman–Crippen MR) is 71.5 cm³/mol. The van der Waals surface area contributed by atoms with Crippen molar-refractivity contribution in [2.45, 2.75) is 18.9 Å². The van der Waals surface area contributed by atoms with Crippen LogP contribution < -0.4 is 0 Å². The van der Waals surface area contributed by atoms with Gasteiger partial charge in [0.05, 0.1) is 24.5 Å². The van der Waals surface area contributed by atoms with E-state index in [0.717, 1.165) is 12.8 Å². The lowest BCUT2D eigenvalue weighted by molar-refractivity contribution is 0.0153. The van der Waals surface area contributed by atoms with Crippen LogP contribution in [0, 0.1) is 0 Å². The van der Waals surface area contributed by atoms with Crippen molar-refractivity contribution in [1.82, 2.24) is 9.88 Å². The van der Waals surface area contributed by atoms with Crippen LogP contribution in [0.3, 0.4) is 0 Å². The number of pyridine rings is 1. The van der Waals surface area contributed by atoms with Gasteiger partial charge in [0.25, 0.3) is 5.91 Å². The summed E-state index contributed by atoms with van der Waals surface area (Å²) in [5.74, 6) is 0.257. The second-order valence-corrected chi connectivity index (χ2v) is 4.82. The summed E-state index contributed by atoms with van der Waals surface area (Å²) in [6, 6.07) is 1.54. The molecule has 0 radical (unpaired) electrons. The second-order valence-electron chi connectivity index (χ2n) is 4.44. The van der Waals surface area contributed by atoms with Crippen molar-refractivity contribution in [3.8, 4) is 5.75 Å². The number of ether oxygens (including phenoxy) is 1.